The first-order chi connectivity index (χ1) is 13.7. The zero-order valence-electron chi connectivity index (χ0n) is 15.8. The number of ether oxygens (including phenoxy) is 2. The fourth-order valence-electron chi connectivity index (χ4n) is 2.64. The van der Waals surface area contributed by atoms with Crippen LogP contribution >= 0.6 is 0 Å². The first kappa shape index (κ1) is 19.2. The molecule has 0 atom stereocenters. The molecule has 1 heterocycles. The number of carbonyl (C=O) groups excluding carboxylic acids is 1. The summed E-state index contributed by atoms with van der Waals surface area (Å²) >= 11 is 0. The van der Waals surface area contributed by atoms with Crippen molar-refractivity contribution < 1.29 is 14.3 Å². The van der Waals surface area contributed by atoms with E-state index in [2.05, 4.69) is 15.4 Å². The predicted octanol–water partition coefficient (Wildman–Crippen LogP) is 2.67. The summed E-state index contributed by atoms with van der Waals surface area (Å²) in [7, 11) is 3.16. The molecule has 0 spiro atoms. The van der Waals surface area contributed by atoms with Crippen molar-refractivity contribution in [3.8, 4) is 11.5 Å². The van der Waals surface area contributed by atoms with Crippen LogP contribution < -0.4 is 14.8 Å². The fraction of sp³-hybridized carbons (Fsp3) is 0.190. The smallest absolute Gasteiger partial charge is 0.244 e. The molecule has 3 rings (SSSR count). The molecule has 0 aliphatic rings. The number of hydrogen-bond donors (Lipinski definition) is 1. The van der Waals surface area contributed by atoms with Crippen molar-refractivity contribution in [3.63, 3.8) is 0 Å². The van der Waals surface area contributed by atoms with Crippen LogP contribution in [0, 0.1) is 0 Å². The Hall–Kier alpha value is -3.61. The maximum absolute atomic E-state index is 12.1. The van der Waals surface area contributed by atoms with Gasteiger partial charge in [-0.1, -0.05) is 30.3 Å². The number of hydrogen-bond acceptors (Lipinski definition) is 5. The quantitative estimate of drug-likeness (QED) is 0.610. The zero-order valence-corrected chi connectivity index (χ0v) is 15.8. The van der Waals surface area contributed by atoms with Crippen molar-refractivity contribution in [1.82, 2.24) is 20.1 Å². The molecule has 1 amide bonds. The highest BCUT2D eigenvalue weighted by Crippen LogP contribution is 2.27. The van der Waals surface area contributed by atoms with E-state index in [0.29, 0.717) is 24.6 Å². The van der Waals surface area contributed by atoms with Gasteiger partial charge in [-0.25, -0.2) is 9.67 Å². The summed E-state index contributed by atoms with van der Waals surface area (Å²) in [5.74, 6) is 1.11. The molecule has 1 N–H and O–H groups in total. The molecule has 7 heteroatoms. The molecule has 0 aliphatic carbocycles. The second-order valence-corrected chi connectivity index (χ2v) is 6.08. The molecule has 144 valence electrons. The van der Waals surface area contributed by atoms with E-state index < -0.39 is 0 Å². The van der Waals surface area contributed by atoms with E-state index in [1.54, 1.807) is 37.4 Å². The summed E-state index contributed by atoms with van der Waals surface area (Å²) in [6.45, 7) is 1.12. The Morgan fingerprint density at radius 2 is 1.82 bits per heavy atom. The first-order valence-electron chi connectivity index (χ1n) is 8.76. The van der Waals surface area contributed by atoms with Gasteiger partial charge in [-0.3, -0.25) is 4.79 Å². The van der Waals surface area contributed by atoms with Crippen molar-refractivity contribution in [1.29, 1.82) is 0 Å². The maximum atomic E-state index is 12.1. The van der Waals surface area contributed by atoms with Crippen LogP contribution in [-0.2, 0) is 17.9 Å². The van der Waals surface area contributed by atoms with E-state index in [9.17, 15) is 4.79 Å². The Morgan fingerprint density at radius 3 is 2.50 bits per heavy atom. The lowest BCUT2D eigenvalue weighted by Gasteiger charge is -2.07. The van der Waals surface area contributed by atoms with Gasteiger partial charge >= 0.3 is 0 Å². The van der Waals surface area contributed by atoms with Gasteiger partial charge in [0, 0.05) is 12.6 Å². The van der Waals surface area contributed by atoms with E-state index >= 15 is 0 Å². The van der Waals surface area contributed by atoms with Gasteiger partial charge in [-0.2, -0.15) is 5.10 Å². The van der Waals surface area contributed by atoms with Gasteiger partial charge in [0.05, 0.1) is 20.8 Å². The minimum Gasteiger partial charge on any atom is -0.493 e. The second kappa shape index (κ2) is 9.36. The van der Waals surface area contributed by atoms with Gasteiger partial charge in [-0.15, -0.1) is 0 Å². The first-order valence-corrected chi connectivity index (χ1v) is 8.76. The van der Waals surface area contributed by atoms with E-state index in [4.69, 9.17) is 9.47 Å². The number of nitrogens with one attached hydrogen (secondary N) is 1. The lowest BCUT2D eigenvalue weighted by molar-refractivity contribution is -0.116. The molecule has 0 aliphatic heterocycles. The summed E-state index contributed by atoms with van der Waals surface area (Å²) < 4.78 is 12.2. The van der Waals surface area contributed by atoms with Crippen molar-refractivity contribution >= 4 is 12.0 Å². The monoisotopic (exact) mass is 378 g/mol. The van der Waals surface area contributed by atoms with E-state index in [1.165, 1.54) is 12.4 Å². The molecule has 0 fully saturated rings. The van der Waals surface area contributed by atoms with E-state index in [1.807, 2.05) is 36.4 Å². The third kappa shape index (κ3) is 5.20. The van der Waals surface area contributed by atoms with Crippen LogP contribution in [0.1, 0.15) is 16.7 Å². The van der Waals surface area contributed by atoms with Gasteiger partial charge < -0.3 is 14.8 Å². The maximum Gasteiger partial charge on any atom is 0.244 e. The highest BCUT2D eigenvalue weighted by molar-refractivity contribution is 5.91. The lowest BCUT2D eigenvalue weighted by atomic mass is 10.1. The van der Waals surface area contributed by atoms with Gasteiger partial charge in [-0.05, 0) is 34.9 Å². The van der Waals surface area contributed by atoms with E-state index in [0.717, 1.165) is 16.7 Å². The molecular weight excluding hydrogens is 356 g/mol. The molecule has 0 bridgehead atoms. The van der Waals surface area contributed by atoms with Gasteiger partial charge in [0.15, 0.2) is 11.5 Å². The summed E-state index contributed by atoms with van der Waals surface area (Å²) in [6, 6.07) is 13.5. The average Bonchev–Trinajstić information content (AvgIpc) is 3.24. The van der Waals surface area contributed by atoms with Crippen LogP contribution in [0.3, 0.4) is 0 Å². The van der Waals surface area contributed by atoms with Crippen LogP contribution in [0.4, 0.5) is 0 Å². The number of benzene rings is 2. The Bertz CT molecular complexity index is 935. The fourth-order valence-corrected chi connectivity index (χ4v) is 2.64. The molecule has 0 radical (unpaired) electrons. The molecule has 28 heavy (non-hydrogen) atoms. The van der Waals surface area contributed by atoms with Crippen molar-refractivity contribution in [3.05, 3.63) is 77.9 Å². The number of amides is 1. The van der Waals surface area contributed by atoms with Crippen LogP contribution in [-0.4, -0.2) is 34.9 Å². The number of nitrogens with zero attached hydrogens (tertiary/aromatic N) is 3. The number of aromatic nitrogens is 3. The zero-order chi connectivity index (χ0) is 19.8. The molecule has 7 nitrogen and oxygen atoms in total. The Morgan fingerprint density at radius 1 is 1.07 bits per heavy atom. The topological polar surface area (TPSA) is 78.3 Å². The summed E-state index contributed by atoms with van der Waals surface area (Å²) in [5, 5.41) is 6.96. The molecule has 1 aromatic heterocycles. The van der Waals surface area contributed by atoms with E-state index in [-0.39, 0.29) is 5.91 Å². The van der Waals surface area contributed by atoms with Crippen LogP contribution in [0.5, 0.6) is 11.5 Å². The van der Waals surface area contributed by atoms with Gasteiger partial charge in [0.25, 0.3) is 0 Å². The largest absolute Gasteiger partial charge is 0.493 e. The number of carbonyl (C=O) groups is 1. The van der Waals surface area contributed by atoms with Crippen LogP contribution in [0.15, 0.2) is 61.2 Å². The summed E-state index contributed by atoms with van der Waals surface area (Å²) in [4.78, 5) is 16.0. The van der Waals surface area contributed by atoms with Crippen molar-refractivity contribution in [2.45, 2.75) is 13.1 Å². The summed E-state index contributed by atoms with van der Waals surface area (Å²) in [5.41, 5.74) is 2.99. The Labute approximate surface area is 163 Å². The average molecular weight is 378 g/mol. The normalized spacial score (nSPS) is 10.8. The Kier molecular flexibility index (Phi) is 6.41. The highest BCUT2D eigenvalue weighted by atomic mass is 16.5. The van der Waals surface area contributed by atoms with Gasteiger partial charge in [0.1, 0.15) is 12.7 Å². The molecular formula is C21H22N4O3. The standard InChI is InChI=1S/C21H22N4O3/c1-27-19-9-7-16(11-20(19)28-2)8-10-21(26)23-12-17-3-5-18(6-4-17)13-25-15-22-14-24-25/h3-11,14-15H,12-13H2,1-2H3,(H,23,26)/b10-8+. The summed E-state index contributed by atoms with van der Waals surface area (Å²) in [6.07, 6.45) is 6.43. The Balaban J connectivity index is 1.52. The van der Waals surface area contributed by atoms with Crippen LogP contribution in [0.2, 0.25) is 0 Å². The van der Waals surface area contributed by atoms with Crippen molar-refractivity contribution in [2.24, 2.45) is 0 Å². The molecule has 2 aromatic carbocycles. The molecule has 0 unspecified atom stereocenters. The highest BCUT2D eigenvalue weighted by Gasteiger charge is 2.03. The molecule has 0 saturated carbocycles. The molecule has 3 aromatic rings. The van der Waals surface area contributed by atoms with Crippen molar-refractivity contribution in [2.75, 3.05) is 14.2 Å². The van der Waals surface area contributed by atoms with Gasteiger partial charge in [0.2, 0.25) is 5.91 Å². The van der Waals surface area contributed by atoms with Crippen LogP contribution in [0.25, 0.3) is 6.08 Å². The second-order valence-electron chi connectivity index (χ2n) is 6.08. The minimum atomic E-state index is -0.165. The number of rotatable bonds is 8. The third-order valence-electron chi connectivity index (χ3n) is 4.14. The predicted molar refractivity (Wildman–Crippen MR) is 106 cm³/mol. The lowest BCUT2D eigenvalue weighted by Crippen LogP contribution is -2.20. The SMILES string of the molecule is COc1ccc(/C=C/C(=O)NCc2ccc(Cn3cncn3)cc2)cc1OC. The number of methoxy groups -OCH3 is 2. The molecule has 0 saturated heterocycles. The minimum absolute atomic E-state index is 0.165. The third-order valence-corrected chi connectivity index (χ3v) is 4.14.